The number of anilines is 1. The first-order valence-corrected chi connectivity index (χ1v) is 6.70. The standard InChI is InChI=1S/C15H17N3O2/c1-2-11-7-15(20)18(9-11)10-14(19)17-13-5-3-12(8-16)4-6-13/h3-6,11H,2,7,9-10H2,1H3,(H,17,19). The van der Waals surface area contributed by atoms with E-state index in [4.69, 9.17) is 5.26 Å². The fraction of sp³-hybridized carbons (Fsp3) is 0.400. The van der Waals surface area contributed by atoms with Gasteiger partial charge >= 0.3 is 0 Å². The average Bonchev–Trinajstić information content (AvgIpc) is 2.80. The third-order valence-corrected chi connectivity index (χ3v) is 3.50. The van der Waals surface area contributed by atoms with Gasteiger partial charge in [0.05, 0.1) is 18.2 Å². The molecule has 1 aliphatic heterocycles. The maximum Gasteiger partial charge on any atom is 0.243 e. The van der Waals surface area contributed by atoms with E-state index in [0.717, 1.165) is 6.42 Å². The summed E-state index contributed by atoms with van der Waals surface area (Å²) in [6.07, 6.45) is 1.50. The minimum absolute atomic E-state index is 0.0480. The van der Waals surface area contributed by atoms with Gasteiger partial charge in [0, 0.05) is 18.7 Å². The molecule has 0 radical (unpaired) electrons. The highest BCUT2D eigenvalue weighted by Crippen LogP contribution is 2.20. The topological polar surface area (TPSA) is 73.2 Å². The predicted octanol–water partition coefficient (Wildman–Crippen LogP) is 1.76. The van der Waals surface area contributed by atoms with Crippen LogP contribution in [0.2, 0.25) is 0 Å². The number of carbonyl (C=O) groups is 2. The van der Waals surface area contributed by atoms with Crippen LogP contribution in [0.1, 0.15) is 25.3 Å². The Bertz CT molecular complexity index is 545. The lowest BCUT2D eigenvalue weighted by Gasteiger charge is -2.16. The molecule has 1 atom stereocenters. The van der Waals surface area contributed by atoms with Crippen molar-refractivity contribution in [2.45, 2.75) is 19.8 Å². The molecule has 5 heteroatoms. The van der Waals surface area contributed by atoms with Crippen molar-refractivity contribution in [2.24, 2.45) is 5.92 Å². The second-order valence-corrected chi connectivity index (χ2v) is 4.99. The number of rotatable bonds is 4. The van der Waals surface area contributed by atoms with E-state index in [9.17, 15) is 9.59 Å². The summed E-state index contributed by atoms with van der Waals surface area (Å²) in [5.74, 6) is 0.205. The molecule has 1 aliphatic rings. The first-order chi connectivity index (χ1) is 9.62. The van der Waals surface area contributed by atoms with Gasteiger partial charge in [-0.2, -0.15) is 5.26 Å². The summed E-state index contributed by atoms with van der Waals surface area (Å²) < 4.78 is 0. The molecule has 104 valence electrons. The smallest absolute Gasteiger partial charge is 0.243 e. The number of nitrogens with one attached hydrogen (secondary N) is 1. The molecule has 1 unspecified atom stereocenters. The largest absolute Gasteiger partial charge is 0.333 e. The van der Waals surface area contributed by atoms with Crippen LogP contribution in [-0.2, 0) is 9.59 Å². The zero-order valence-corrected chi connectivity index (χ0v) is 11.4. The zero-order chi connectivity index (χ0) is 14.5. The Kier molecular flexibility index (Phi) is 4.36. The molecule has 1 saturated heterocycles. The summed E-state index contributed by atoms with van der Waals surface area (Å²) in [6, 6.07) is 8.66. The van der Waals surface area contributed by atoms with E-state index in [0.29, 0.717) is 30.1 Å². The molecule has 0 aromatic heterocycles. The van der Waals surface area contributed by atoms with E-state index in [2.05, 4.69) is 12.2 Å². The lowest BCUT2D eigenvalue weighted by atomic mass is 10.1. The van der Waals surface area contributed by atoms with Crippen LogP contribution < -0.4 is 5.32 Å². The van der Waals surface area contributed by atoms with Gasteiger partial charge in [0.15, 0.2) is 0 Å². The molecule has 1 aromatic carbocycles. The normalized spacial score (nSPS) is 17.9. The summed E-state index contributed by atoms with van der Waals surface area (Å²) in [5, 5.41) is 11.4. The van der Waals surface area contributed by atoms with Crippen LogP contribution in [0, 0.1) is 17.2 Å². The summed E-state index contributed by atoms with van der Waals surface area (Å²) in [4.78, 5) is 25.2. The average molecular weight is 271 g/mol. The fourth-order valence-corrected chi connectivity index (χ4v) is 2.28. The van der Waals surface area contributed by atoms with E-state index in [-0.39, 0.29) is 18.4 Å². The molecule has 1 aromatic rings. The van der Waals surface area contributed by atoms with Crippen LogP contribution in [0.4, 0.5) is 5.69 Å². The molecule has 1 heterocycles. The van der Waals surface area contributed by atoms with Crippen LogP contribution in [-0.4, -0.2) is 29.8 Å². The van der Waals surface area contributed by atoms with Gasteiger partial charge < -0.3 is 10.2 Å². The molecule has 0 spiro atoms. The number of nitrogens with zero attached hydrogens (tertiary/aromatic N) is 2. The van der Waals surface area contributed by atoms with Gasteiger partial charge in [-0.25, -0.2) is 0 Å². The lowest BCUT2D eigenvalue weighted by molar-refractivity contribution is -0.131. The highest BCUT2D eigenvalue weighted by molar-refractivity contribution is 5.95. The summed E-state index contributed by atoms with van der Waals surface area (Å²) >= 11 is 0. The molecule has 5 nitrogen and oxygen atoms in total. The highest BCUT2D eigenvalue weighted by Gasteiger charge is 2.29. The van der Waals surface area contributed by atoms with Crippen molar-refractivity contribution >= 4 is 17.5 Å². The Morgan fingerprint density at radius 1 is 1.45 bits per heavy atom. The molecule has 20 heavy (non-hydrogen) atoms. The van der Waals surface area contributed by atoms with Gasteiger partial charge in [-0.05, 0) is 30.2 Å². The van der Waals surface area contributed by atoms with Gasteiger partial charge in [-0.3, -0.25) is 9.59 Å². The lowest BCUT2D eigenvalue weighted by Crippen LogP contribution is -2.34. The van der Waals surface area contributed by atoms with Crippen LogP contribution in [0.15, 0.2) is 24.3 Å². The van der Waals surface area contributed by atoms with Crippen LogP contribution in [0.3, 0.4) is 0 Å². The third-order valence-electron chi connectivity index (χ3n) is 3.50. The van der Waals surface area contributed by atoms with Crippen molar-refractivity contribution < 1.29 is 9.59 Å². The number of carbonyl (C=O) groups excluding carboxylic acids is 2. The van der Waals surface area contributed by atoms with E-state index in [1.807, 2.05) is 6.07 Å². The van der Waals surface area contributed by atoms with Crippen molar-refractivity contribution in [3.8, 4) is 6.07 Å². The van der Waals surface area contributed by atoms with Crippen molar-refractivity contribution in [3.63, 3.8) is 0 Å². The van der Waals surface area contributed by atoms with Crippen molar-refractivity contribution in [2.75, 3.05) is 18.4 Å². The van der Waals surface area contributed by atoms with Gasteiger partial charge in [0.2, 0.25) is 11.8 Å². The number of amides is 2. The van der Waals surface area contributed by atoms with Crippen LogP contribution in [0.5, 0.6) is 0 Å². The van der Waals surface area contributed by atoms with Crippen molar-refractivity contribution in [3.05, 3.63) is 29.8 Å². The molecule has 2 rings (SSSR count). The van der Waals surface area contributed by atoms with E-state index in [1.165, 1.54) is 0 Å². The Labute approximate surface area is 118 Å². The fourth-order valence-electron chi connectivity index (χ4n) is 2.28. The minimum Gasteiger partial charge on any atom is -0.333 e. The number of nitriles is 1. The second kappa shape index (κ2) is 6.20. The Balaban J connectivity index is 1.89. The van der Waals surface area contributed by atoms with Gasteiger partial charge in [-0.15, -0.1) is 0 Å². The molecule has 1 N–H and O–H groups in total. The monoisotopic (exact) mass is 271 g/mol. The van der Waals surface area contributed by atoms with Gasteiger partial charge in [0.25, 0.3) is 0 Å². The molecule has 0 saturated carbocycles. The van der Waals surface area contributed by atoms with Gasteiger partial charge in [-0.1, -0.05) is 13.3 Å². The quantitative estimate of drug-likeness (QED) is 0.906. The van der Waals surface area contributed by atoms with Gasteiger partial charge in [0.1, 0.15) is 0 Å². The number of hydrogen-bond donors (Lipinski definition) is 1. The molecular formula is C15H17N3O2. The molecule has 2 amide bonds. The first kappa shape index (κ1) is 14.1. The van der Waals surface area contributed by atoms with E-state index < -0.39 is 0 Å². The van der Waals surface area contributed by atoms with Crippen molar-refractivity contribution in [1.29, 1.82) is 5.26 Å². The van der Waals surface area contributed by atoms with Crippen LogP contribution >= 0.6 is 0 Å². The molecule has 1 fully saturated rings. The number of hydrogen-bond acceptors (Lipinski definition) is 3. The minimum atomic E-state index is -0.209. The highest BCUT2D eigenvalue weighted by atomic mass is 16.2. The summed E-state index contributed by atoms with van der Waals surface area (Å²) in [7, 11) is 0. The van der Waals surface area contributed by atoms with E-state index >= 15 is 0 Å². The zero-order valence-electron chi connectivity index (χ0n) is 11.4. The SMILES string of the molecule is CCC1CC(=O)N(CC(=O)Nc2ccc(C#N)cc2)C1. The summed E-state index contributed by atoms with van der Waals surface area (Å²) in [6.45, 7) is 2.81. The molecular weight excluding hydrogens is 254 g/mol. The number of benzene rings is 1. The molecule has 0 bridgehead atoms. The molecule has 0 aliphatic carbocycles. The Hall–Kier alpha value is -2.35. The maximum absolute atomic E-state index is 11.9. The Morgan fingerprint density at radius 2 is 2.15 bits per heavy atom. The van der Waals surface area contributed by atoms with E-state index in [1.54, 1.807) is 29.2 Å². The summed E-state index contributed by atoms with van der Waals surface area (Å²) in [5.41, 5.74) is 1.18. The van der Waals surface area contributed by atoms with Crippen molar-refractivity contribution in [1.82, 2.24) is 4.90 Å². The maximum atomic E-state index is 11.9. The predicted molar refractivity (Wildman–Crippen MR) is 74.8 cm³/mol. The third kappa shape index (κ3) is 3.35. The first-order valence-electron chi connectivity index (χ1n) is 6.70. The number of likely N-dealkylation sites (tertiary alicyclic amines) is 1. The van der Waals surface area contributed by atoms with Crippen LogP contribution in [0.25, 0.3) is 0 Å². The Morgan fingerprint density at radius 3 is 2.70 bits per heavy atom. The second-order valence-electron chi connectivity index (χ2n) is 4.99.